The van der Waals surface area contributed by atoms with Gasteiger partial charge in [-0.2, -0.15) is 0 Å². The first-order valence-electron chi connectivity index (χ1n) is 15.9. The van der Waals surface area contributed by atoms with E-state index in [1.165, 1.54) is 87.6 Å². The van der Waals surface area contributed by atoms with Gasteiger partial charge < -0.3 is 0 Å². The zero-order valence-electron chi connectivity index (χ0n) is 25.3. The summed E-state index contributed by atoms with van der Waals surface area (Å²) in [5, 5.41) is 10.1. The Kier molecular flexibility index (Phi) is 6.25. The molecule has 9 aromatic rings. The molecule has 0 nitrogen and oxygen atoms in total. The Morgan fingerprint density at radius 1 is 0.217 bits per heavy atom. The Hall–Kier alpha value is -5.98. The molecule has 0 spiro atoms. The van der Waals surface area contributed by atoms with Crippen LogP contribution in [0.25, 0.3) is 87.6 Å². The fourth-order valence-corrected chi connectivity index (χ4v) is 7.42. The fraction of sp³-hybridized carbons (Fsp3) is 0. The van der Waals surface area contributed by atoms with E-state index in [0.717, 1.165) is 0 Å². The monoisotopic (exact) mass is 582 g/mol. The Balaban J connectivity index is 1.32. The third-order valence-corrected chi connectivity index (χ3v) is 9.46. The zero-order chi connectivity index (χ0) is 30.5. The molecule has 0 heterocycles. The molecular formula is C46H30. The Morgan fingerprint density at radius 2 is 0.674 bits per heavy atom. The van der Waals surface area contributed by atoms with Gasteiger partial charge in [0, 0.05) is 0 Å². The highest BCUT2D eigenvalue weighted by Crippen LogP contribution is 2.47. The largest absolute Gasteiger partial charge is 0.0622 e. The molecular weight excluding hydrogens is 553 g/mol. The van der Waals surface area contributed by atoms with Gasteiger partial charge in [-0.3, -0.25) is 0 Å². The topological polar surface area (TPSA) is 0 Å². The van der Waals surface area contributed by atoms with Crippen molar-refractivity contribution in [1.82, 2.24) is 0 Å². The minimum absolute atomic E-state index is 1.24. The van der Waals surface area contributed by atoms with E-state index in [-0.39, 0.29) is 0 Å². The van der Waals surface area contributed by atoms with Crippen LogP contribution in [0.3, 0.4) is 0 Å². The number of fused-ring (bicyclic) bond motifs is 4. The highest BCUT2D eigenvalue weighted by Gasteiger charge is 2.19. The molecule has 0 aliphatic carbocycles. The first-order chi connectivity index (χ1) is 22.8. The van der Waals surface area contributed by atoms with Crippen LogP contribution in [0, 0.1) is 0 Å². The average Bonchev–Trinajstić information content (AvgIpc) is 3.14. The third-order valence-electron chi connectivity index (χ3n) is 9.46. The molecule has 0 atom stereocenters. The van der Waals surface area contributed by atoms with Crippen LogP contribution in [-0.4, -0.2) is 0 Å². The summed E-state index contributed by atoms with van der Waals surface area (Å²) in [5.41, 5.74) is 10.1. The second-order valence-corrected chi connectivity index (χ2v) is 12.0. The summed E-state index contributed by atoms with van der Waals surface area (Å²) in [6.45, 7) is 0. The molecule has 0 bridgehead atoms. The van der Waals surface area contributed by atoms with Gasteiger partial charge in [-0.05, 0) is 93.7 Å². The lowest BCUT2D eigenvalue weighted by Gasteiger charge is -2.20. The second kappa shape index (κ2) is 10.9. The van der Waals surface area contributed by atoms with E-state index in [1.54, 1.807) is 0 Å². The molecule has 0 aliphatic rings. The van der Waals surface area contributed by atoms with Gasteiger partial charge in [-0.1, -0.05) is 176 Å². The first kappa shape index (κ1) is 26.4. The van der Waals surface area contributed by atoms with Gasteiger partial charge in [-0.15, -0.1) is 0 Å². The van der Waals surface area contributed by atoms with Gasteiger partial charge in [0.25, 0.3) is 0 Å². The molecule has 0 unspecified atom stereocenters. The van der Waals surface area contributed by atoms with Crippen LogP contribution in [0.2, 0.25) is 0 Å². The van der Waals surface area contributed by atoms with E-state index >= 15 is 0 Å². The molecule has 0 saturated heterocycles. The lowest BCUT2D eigenvalue weighted by atomic mass is 9.83. The molecule has 0 N–H and O–H groups in total. The Morgan fingerprint density at radius 3 is 1.26 bits per heavy atom. The summed E-state index contributed by atoms with van der Waals surface area (Å²) in [7, 11) is 0. The molecule has 0 heteroatoms. The lowest BCUT2D eigenvalue weighted by molar-refractivity contribution is 1.64. The maximum Gasteiger partial charge on any atom is -0.00201 e. The van der Waals surface area contributed by atoms with Crippen LogP contribution < -0.4 is 0 Å². The van der Waals surface area contributed by atoms with Crippen molar-refractivity contribution < 1.29 is 0 Å². The van der Waals surface area contributed by atoms with Crippen molar-refractivity contribution in [2.45, 2.75) is 0 Å². The maximum atomic E-state index is 2.37. The number of hydrogen-bond donors (Lipinski definition) is 0. The quantitative estimate of drug-likeness (QED) is 0.181. The van der Waals surface area contributed by atoms with Crippen molar-refractivity contribution in [2.75, 3.05) is 0 Å². The molecule has 0 saturated carbocycles. The second-order valence-electron chi connectivity index (χ2n) is 12.0. The summed E-state index contributed by atoms with van der Waals surface area (Å²) < 4.78 is 0. The maximum absolute atomic E-state index is 2.37. The lowest BCUT2D eigenvalue weighted by Crippen LogP contribution is -1.92. The summed E-state index contributed by atoms with van der Waals surface area (Å²) in [4.78, 5) is 0. The molecule has 9 rings (SSSR count). The normalized spacial score (nSPS) is 11.5. The van der Waals surface area contributed by atoms with Gasteiger partial charge in [0.15, 0.2) is 0 Å². The number of benzene rings is 9. The van der Waals surface area contributed by atoms with Crippen LogP contribution >= 0.6 is 0 Å². The van der Waals surface area contributed by atoms with Crippen molar-refractivity contribution >= 4 is 43.1 Å². The predicted molar refractivity (Wildman–Crippen MR) is 198 cm³/mol. The van der Waals surface area contributed by atoms with Gasteiger partial charge in [0.05, 0.1) is 0 Å². The van der Waals surface area contributed by atoms with Gasteiger partial charge >= 0.3 is 0 Å². The highest BCUT2D eigenvalue weighted by molar-refractivity contribution is 6.24. The molecule has 0 aromatic heterocycles. The average molecular weight is 583 g/mol. The minimum Gasteiger partial charge on any atom is -0.0622 e. The number of hydrogen-bond acceptors (Lipinski definition) is 0. The predicted octanol–water partition coefficient (Wildman–Crippen LogP) is 13.0. The third kappa shape index (κ3) is 4.23. The highest BCUT2D eigenvalue weighted by atomic mass is 14.2. The zero-order valence-corrected chi connectivity index (χ0v) is 25.3. The van der Waals surface area contributed by atoms with E-state index in [9.17, 15) is 0 Å². The van der Waals surface area contributed by atoms with Crippen molar-refractivity contribution in [3.8, 4) is 44.5 Å². The summed E-state index contributed by atoms with van der Waals surface area (Å²) in [6.07, 6.45) is 0. The van der Waals surface area contributed by atoms with Crippen LogP contribution in [0.1, 0.15) is 0 Å². The summed E-state index contributed by atoms with van der Waals surface area (Å²) >= 11 is 0. The Labute approximate surface area is 268 Å². The van der Waals surface area contributed by atoms with Crippen LogP contribution in [0.15, 0.2) is 182 Å². The van der Waals surface area contributed by atoms with Crippen molar-refractivity contribution in [1.29, 1.82) is 0 Å². The molecule has 214 valence electrons. The van der Waals surface area contributed by atoms with Crippen molar-refractivity contribution in [2.24, 2.45) is 0 Å². The van der Waals surface area contributed by atoms with Gasteiger partial charge in [0.2, 0.25) is 0 Å². The molecule has 0 aliphatic heterocycles. The van der Waals surface area contributed by atoms with E-state index in [1.807, 2.05) is 0 Å². The van der Waals surface area contributed by atoms with E-state index < -0.39 is 0 Å². The van der Waals surface area contributed by atoms with Crippen molar-refractivity contribution in [3.63, 3.8) is 0 Å². The summed E-state index contributed by atoms with van der Waals surface area (Å²) in [6, 6.07) is 66.4. The SMILES string of the molecule is c1ccc(-c2cccc3cc(-c4c5ccccc5c(-c5ccc(-c6ccccc6)c6ccccc56)c5ccccc45)ccc23)cc1. The van der Waals surface area contributed by atoms with E-state index in [2.05, 4.69) is 182 Å². The minimum atomic E-state index is 1.24. The van der Waals surface area contributed by atoms with Crippen LogP contribution in [0.4, 0.5) is 0 Å². The molecule has 0 amide bonds. The summed E-state index contributed by atoms with van der Waals surface area (Å²) in [5.74, 6) is 0. The Bertz CT molecular complexity index is 2500. The van der Waals surface area contributed by atoms with Crippen LogP contribution in [-0.2, 0) is 0 Å². The number of rotatable bonds is 4. The van der Waals surface area contributed by atoms with E-state index in [4.69, 9.17) is 0 Å². The van der Waals surface area contributed by atoms with E-state index in [0.29, 0.717) is 0 Å². The standard InChI is InChI=1S/C46H30/c1-3-14-31(15-4-1)35-25-13-18-33-30-34(26-27-37(33)35)45-40-21-9-11-23-42(40)46(43-24-12-10-22-41(43)45)44-29-28-36(32-16-5-2-6-17-32)38-19-7-8-20-39(38)44/h1-30H. The van der Waals surface area contributed by atoms with Crippen LogP contribution in [0.5, 0.6) is 0 Å². The smallest absolute Gasteiger partial charge is 0.00201 e. The molecule has 46 heavy (non-hydrogen) atoms. The molecule has 9 aromatic carbocycles. The molecule has 0 fully saturated rings. The van der Waals surface area contributed by atoms with Crippen molar-refractivity contribution in [3.05, 3.63) is 182 Å². The first-order valence-corrected chi connectivity index (χ1v) is 15.9. The van der Waals surface area contributed by atoms with Gasteiger partial charge in [-0.25, -0.2) is 0 Å². The fourth-order valence-electron chi connectivity index (χ4n) is 7.42. The van der Waals surface area contributed by atoms with Gasteiger partial charge in [0.1, 0.15) is 0 Å². The molecule has 0 radical (unpaired) electrons.